The van der Waals surface area contributed by atoms with Crippen molar-refractivity contribution in [3.05, 3.63) is 75.3 Å². The van der Waals surface area contributed by atoms with Crippen molar-refractivity contribution in [1.82, 2.24) is 10.2 Å². The molecule has 2 aliphatic rings. The number of aliphatic carboxylic acids is 1. The summed E-state index contributed by atoms with van der Waals surface area (Å²) in [5.41, 5.74) is 0.411. The van der Waals surface area contributed by atoms with E-state index in [-0.39, 0.29) is 22.4 Å². The van der Waals surface area contributed by atoms with Gasteiger partial charge in [0, 0.05) is 33.6 Å². The number of non-ortho nitro benzene ring substituents is 1. The van der Waals surface area contributed by atoms with Gasteiger partial charge in [-0.2, -0.15) is 0 Å². The van der Waals surface area contributed by atoms with Crippen LogP contribution in [0.5, 0.6) is 0 Å². The number of β-lactam (4-membered cyclic amide) rings is 1. The Labute approximate surface area is 192 Å². The number of hydrogen-bond acceptors (Lipinski definition) is 7. The topological polar surface area (TPSA) is 147 Å². The second-order valence-electron chi connectivity index (χ2n) is 8.26. The first-order valence-electron chi connectivity index (χ1n) is 9.94. The van der Waals surface area contributed by atoms with Crippen LogP contribution in [0.2, 0.25) is 0 Å². The molecule has 2 fully saturated rings. The summed E-state index contributed by atoms with van der Waals surface area (Å²) in [6.07, 6.45) is 0. The predicted octanol–water partition coefficient (Wildman–Crippen LogP) is 2.07. The Balaban J connectivity index is 1.45. The quantitative estimate of drug-likeness (QED) is 0.283. The number of rotatable bonds is 6. The van der Waals surface area contributed by atoms with Crippen LogP contribution in [0.25, 0.3) is 0 Å². The van der Waals surface area contributed by atoms with Crippen LogP contribution >= 0.6 is 11.8 Å². The van der Waals surface area contributed by atoms with Gasteiger partial charge in [-0.3, -0.25) is 24.5 Å². The lowest BCUT2D eigenvalue weighted by Gasteiger charge is -2.43. The standard InChI is InChI=1S/C22H19N3O7S/c1-22(2)17(21(29)30)24-19(28)15(20(24)33-22)23-18(27)12-8-6-11(7-9-12)16(26)13-4-3-5-14(10-13)25(31)32/h3-10,15,17,20H,1-2H3,(H,23,27)(H,29,30)/t15-,17+,20-/m1/s1. The van der Waals surface area contributed by atoms with E-state index in [1.807, 2.05) is 0 Å². The van der Waals surface area contributed by atoms with Gasteiger partial charge in [-0.25, -0.2) is 4.79 Å². The van der Waals surface area contributed by atoms with Crippen molar-refractivity contribution < 1.29 is 29.2 Å². The second kappa shape index (κ2) is 8.00. The molecule has 4 rings (SSSR count). The van der Waals surface area contributed by atoms with Gasteiger partial charge in [0.25, 0.3) is 11.6 Å². The van der Waals surface area contributed by atoms with Crippen LogP contribution in [-0.2, 0) is 9.59 Å². The number of carbonyl (C=O) groups is 4. The molecule has 2 saturated heterocycles. The maximum Gasteiger partial charge on any atom is 0.327 e. The van der Waals surface area contributed by atoms with Crippen LogP contribution in [0.4, 0.5) is 5.69 Å². The minimum Gasteiger partial charge on any atom is -0.480 e. The van der Waals surface area contributed by atoms with E-state index in [2.05, 4.69) is 5.32 Å². The van der Waals surface area contributed by atoms with Crippen molar-refractivity contribution >= 4 is 41.0 Å². The smallest absolute Gasteiger partial charge is 0.327 e. The summed E-state index contributed by atoms with van der Waals surface area (Å²) in [4.78, 5) is 61.0. The zero-order valence-electron chi connectivity index (χ0n) is 17.6. The molecule has 2 heterocycles. The summed E-state index contributed by atoms with van der Waals surface area (Å²) in [7, 11) is 0. The Kier molecular flexibility index (Phi) is 5.44. The number of thioether (sulfide) groups is 1. The van der Waals surface area contributed by atoms with Crippen molar-refractivity contribution in [3.63, 3.8) is 0 Å². The summed E-state index contributed by atoms with van der Waals surface area (Å²) in [6.45, 7) is 3.50. The third kappa shape index (κ3) is 3.84. The highest BCUT2D eigenvalue weighted by Gasteiger charge is 2.64. The zero-order valence-corrected chi connectivity index (χ0v) is 18.4. The van der Waals surface area contributed by atoms with E-state index >= 15 is 0 Å². The lowest BCUT2D eigenvalue weighted by Crippen LogP contribution is -2.70. The van der Waals surface area contributed by atoms with E-state index in [0.29, 0.717) is 0 Å². The molecule has 2 amide bonds. The summed E-state index contributed by atoms with van der Waals surface area (Å²) in [6, 6.07) is 9.26. The average Bonchev–Trinajstić information content (AvgIpc) is 3.04. The Morgan fingerprint density at radius 1 is 1.09 bits per heavy atom. The van der Waals surface area contributed by atoms with Gasteiger partial charge in [-0.05, 0) is 26.0 Å². The van der Waals surface area contributed by atoms with Crippen molar-refractivity contribution in [2.24, 2.45) is 0 Å². The Morgan fingerprint density at radius 3 is 2.33 bits per heavy atom. The van der Waals surface area contributed by atoms with Crippen LogP contribution in [0.1, 0.15) is 40.1 Å². The number of benzene rings is 2. The minimum absolute atomic E-state index is 0.149. The molecule has 2 aromatic rings. The normalized spacial score (nSPS) is 22.8. The second-order valence-corrected chi connectivity index (χ2v) is 10.0. The third-order valence-electron chi connectivity index (χ3n) is 5.69. The molecule has 0 saturated carbocycles. The van der Waals surface area contributed by atoms with E-state index in [0.717, 1.165) is 0 Å². The number of ketones is 1. The Bertz CT molecular complexity index is 1190. The van der Waals surface area contributed by atoms with Gasteiger partial charge in [-0.1, -0.05) is 24.3 Å². The monoisotopic (exact) mass is 469 g/mol. The molecule has 0 aromatic heterocycles. The van der Waals surface area contributed by atoms with Crippen LogP contribution in [0.15, 0.2) is 48.5 Å². The van der Waals surface area contributed by atoms with Crippen molar-refractivity contribution in [1.29, 1.82) is 0 Å². The molecule has 0 spiro atoms. The fourth-order valence-electron chi connectivity index (χ4n) is 4.07. The van der Waals surface area contributed by atoms with E-state index in [1.54, 1.807) is 13.8 Å². The fraction of sp³-hybridized carbons (Fsp3) is 0.273. The molecule has 2 N–H and O–H groups in total. The largest absolute Gasteiger partial charge is 0.480 e. The zero-order chi connectivity index (χ0) is 24.1. The number of hydrogen-bond donors (Lipinski definition) is 2. The molecule has 10 nitrogen and oxygen atoms in total. The van der Waals surface area contributed by atoms with Crippen molar-refractivity contribution in [2.45, 2.75) is 36.1 Å². The van der Waals surface area contributed by atoms with Gasteiger partial charge >= 0.3 is 5.97 Å². The van der Waals surface area contributed by atoms with Gasteiger partial charge in [0.15, 0.2) is 5.78 Å². The number of carboxylic acids is 1. The van der Waals surface area contributed by atoms with E-state index in [1.165, 1.54) is 65.2 Å². The van der Waals surface area contributed by atoms with E-state index < -0.39 is 50.7 Å². The maximum atomic E-state index is 12.7. The van der Waals surface area contributed by atoms with Gasteiger partial charge < -0.3 is 15.3 Å². The van der Waals surface area contributed by atoms with Crippen LogP contribution in [0.3, 0.4) is 0 Å². The van der Waals surface area contributed by atoms with Gasteiger partial charge in [0.05, 0.1) is 4.92 Å². The molecule has 3 atom stereocenters. The Hall–Kier alpha value is -3.73. The first-order chi connectivity index (χ1) is 15.5. The highest BCUT2D eigenvalue weighted by atomic mass is 32.2. The molecule has 170 valence electrons. The highest BCUT2D eigenvalue weighted by Crippen LogP contribution is 2.50. The predicted molar refractivity (Wildman–Crippen MR) is 118 cm³/mol. The number of fused-ring (bicyclic) bond motifs is 1. The number of nitrogens with one attached hydrogen (secondary N) is 1. The SMILES string of the molecule is CC1(C)S[C@@H]2[C@H](NC(=O)c3ccc(C(=O)c4cccc([N+](=O)[O-])c4)cc3)C(=O)N2[C@H]1C(=O)O. The first kappa shape index (κ1) is 22.5. The summed E-state index contributed by atoms with van der Waals surface area (Å²) >= 11 is 1.33. The number of carbonyl (C=O) groups excluding carboxylic acids is 3. The van der Waals surface area contributed by atoms with Crippen LogP contribution in [0, 0.1) is 10.1 Å². The molecular formula is C22H19N3O7S. The molecule has 33 heavy (non-hydrogen) atoms. The number of nitrogens with zero attached hydrogens (tertiary/aromatic N) is 2. The molecule has 0 unspecified atom stereocenters. The number of amides is 2. The molecular weight excluding hydrogens is 450 g/mol. The van der Waals surface area contributed by atoms with Crippen molar-refractivity contribution in [3.8, 4) is 0 Å². The number of nitro benzene ring substituents is 1. The first-order valence-corrected chi connectivity index (χ1v) is 10.8. The average molecular weight is 469 g/mol. The maximum absolute atomic E-state index is 12.7. The molecule has 0 bridgehead atoms. The van der Waals surface area contributed by atoms with Gasteiger partial charge in [0.2, 0.25) is 5.91 Å². The fourth-order valence-corrected chi connectivity index (χ4v) is 5.70. The van der Waals surface area contributed by atoms with Gasteiger partial charge in [0.1, 0.15) is 17.5 Å². The van der Waals surface area contributed by atoms with Crippen molar-refractivity contribution in [2.75, 3.05) is 0 Å². The summed E-state index contributed by atoms with van der Waals surface area (Å²) < 4.78 is -0.694. The number of carboxylic acid groups (broad SMARTS) is 1. The van der Waals surface area contributed by atoms with Crippen LogP contribution in [-0.4, -0.2) is 60.7 Å². The highest BCUT2D eigenvalue weighted by molar-refractivity contribution is 8.01. The molecule has 0 radical (unpaired) electrons. The molecule has 11 heteroatoms. The lowest BCUT2D eigenvalue weighted by molar-refractivity contribution is -0.384. The van der Waals surface area contributed by atoms with E-state index in [9.17, 15) is 34.4 Å². The molecule has 0 aliphatic carbocycles. The Morgan fingerprint density at radius 2 is 1.73 bits per heavy atom. The van der Waals surface area contributed by atoms with Gasteiger partial charge in [-0.15, -0.1) is 11.8 Å². The summed E-state index contributed by atoms with van der Waals surface area (Å²) in [5.74, 6) is -2.49. The molecule has 2 aliphatic heterocycles. The number of nitro groups is 1. The molecule has 2 aromatic carbocycles. The summed E-state index contributed by atoms with van der Waals surface area (Å²) in [5, 5.41) is 22.6. The third-order valence-corrected chi connectivity index (χ3v) is 7.26. The van der Waals surface area contributed by atoms with Crippen LogP contribution < -0.4 is 5.32 Å². The van der Waals surface area contributed by atoms with E-state index in [4.69, 9.17) is 0 Å². The lowest BCUT2D eigenvalue weighted by atomic mass is 9.96. The minimum atomic E-state index is -1.09.